The van der Waals surface area contributed by atoms with Gasteiger partial charge in [0.2, 0.25) is 0 Å². The maximum atomic E-state index is 12.6. The molecular weight excluding hydrogens is 295 g/mol. The van der Waals surface area contributed by atoms with Gasteiger partial charge in [-0.1, -0.05) is 11.6 Å². The average molecular weight is 314 g/mol. The van der Waals surface area contributed by atoms with Gasteiger partial charge in [-0.05, 0) is 32.9 Å². The Morgan fingerprint density at radius 3 is 2.25 bits per heavy atom. The Morgan fingerprint density at radius 2 is 1.80 bits per heavy atom. The summed E-state index contributed by atoms with van der Waals surface area (Å²) in [6.07, 6.45) is 0.660. The number of rotatable bonds is 6. The minimum Gasteiger partial charge on any atom is -0.493 e. The number of hydrogen-bond donors (Lipinski definition) is 0. The predicted octanol–water partition coefficient (Wildman–Crippen LogP) is 0.247. The van der Waals surface area contributed by atoms with Crippen molar-refractivity contribution in [2.45, 2.75) is 32.8 Å². The molecule has 0 N–H and O–H groups in total. The summed E-state index contributed by atoms with van der Waals surface area (Å²) in [5.41, 5.74) is -0.676. The van der Waals surface area contributed by atoms with Crippen molar-refractivity contribution in [3.63, 3.8) is 0 Å². The maximum Gasteiger partial charge on any atom is 1.00 e. The van der Waals surface area contributed by atoms with Gasteiger partial charge in [0.05, 0.1) is 12.2 Å². The fraction of sp³-hybridized carbons (Fsp3) is 0.538. The molecule has 1 rings (SSSR count). The quantitative estimate of drug-likeness (QED) is 0.701. The zero-order chi connectivity index (χ0) is 14.7. The Kier molecular flexibility index (Phi) is 8.39. The molecule has 0 bridgehead atoms. The zero-order valence-corrected chi connectivity index (χ0v) is 15.8. The molecule has 2 nitrogen and oxygen atoms in total. The van der Waals surface area contributed by atoms with Crippen LogP contribution in [-0.2, 0) is 4.74 Å². The van der Waals surface area contributed by atoms with Crippen LogP contribution in [0.3, 0.4) is 0 Å². The first-order chi connectivity index (χ1) is 8.65. The van der Waals surface area contributed by atoms with Gasteiger partial charge in [-0.3, -0.25) is 0 Å². The summed E-state index contributed by atoms with van der Waals surface area (Å²) < 4.78 is 48.6. The van der Waals surface area contributed by atoms with Crippen LogP contribution in [0.5, 0.6) is 5.75 Å². The first kappa shape index (κ1) is 20.5. The second kappa shape index (κ2) is 8.20. The molecular formula is C13H19BF3KO2. The summed E-state index contributed by atoms with van der Waals surface area (Å²) in [6, 6.07) is 3.86. The molecule has 7 heteroatoms. The van der Waals surface area contributed by atoms with Crippen molar-refractivity contribution in [2.75, 3.05) is 13.7 Å². The van der Waals surface area contributed by atoms with Crippen LogP contribution in [0.25, 0.3) is 0 Å². The van der Waals surface area contributed by atoms with Crippen LogP contribution in [0.4, 0.5) is 12.9 Å². The molecule has 0 aliphatic carbocycles. The molecule has 0 unspecified atom stereocenters. The molecule has 0 atom stereocenters. The summed E-state index contributed by atoms with van der Waals surface area (Å²) >= 11 is 0. The van der Waals surface area contributed by atoms with Gasteiger partial charge in [-0.15, -0.1) is 5.46 Å². The van der Waals surface area contributed by atoms with Crippen LogP contribution in [0.15, 0.2) is 18.2 Å². The standard InChI is InChI=1S/C13H19BF3O2.K/c1-10-9-11(5-6-12(10)14(15,16)17)19-8-7-13(2,3)18-4;/h5-6,9H,7-8H2,1-4H3;/q-1;+1. The van der Waals surface area contributed by atoms with Crippen LogP contribution in [0.2, 0.25) is 0 Å². The fourth-order valence-electron chi connectivity index (χ4n) is 1.62. The largest absolute Gasteiger partial charge is 1.00 e. The van der Waals surface area contributed by atoms with Gasteiger partial charge in [-0.2, -0.15) is 0 Å². The predicted molar refractivity (Wildman–Crippen MR) is 71.1 cm³/mol. The summed E-state index contributed by atoms with van der Waals surface area (Å²) in [5.74, 6) is 0.452. The van der Waals surface area contributed by atoms with Crippen molar-refractivity contribution in [1.82, 2.24) is 0 Å². The molecule has 0 saturated heterocycles. The number of benzene rings is 1. The summed E-state index contributed by atoms with van der Waals surface area (Å²) in [6.45, 7) is 0.736. The minimum absolute atomic E-state index is 0. The third-order valence-electron chi connectivity index (χ3n) is 3.12. The zero-order valence-electron chi connectivity index (χ0n) is 12.7. The number of ether oxygens (including phenoxy) is 2. The normalized spacial score (nSPS) is 11.9. The van der Waals surface area contributed by atoms with E-state index in [1.54, 1.807) is 7.11 Å². The van der Waals surface area contributed by atoms with Crippen molar-refractivity contribution < 1.29 is 73.8 Å². The third-order valence-corrected chi connectivity index (χ3v) is 3.12. The van der Waals surface area contributed by atoms with E-state index in [-0.39, 0.29) is 62.5 Å². The first-order valence-corrected chi connectivity index (χ1v) is 6.14. The minimum atomic E-state index is -4.96. The van der Waals surface area contributed by atoms with Gasteiger partial charge in [0.15, 0.2) is 0 Å². The van der Waals surface area contributed by atoms with E-state index in [0.717, 1.165) is 6.07 Å². The molecule has 0 aromatic heterocycles. The Bertz CT molecular complexity index is 436. The van der Waals surface area contributed by atoms with Crippen LogP contribution in [-0.4, -0.2) is 26.3 Å². The first-order valence-electron chi connectivity index (χ1n) is 6.14. The number of methoxy groups -OCH3 is 1. The molecule has 0 spiro atoms. The van der Waals surface area contributed by atoms with Crippen LogP contribution in [0.1, 0.15) is 25.8 Å². The SMILES string of the molecule is COC(C)(C)CCOc1ccc([B-](F)(F)F)c(C)c1.[K+]. The average Bonchev–Trinajstić information content (AvgIpc) is 2.27. The van der Waals surface area contributed by atoms with Gasteiger partial charge in [0.25, 0.3) is 0 Å². The topological polar surface area (TPSA) is 18.5 Å². The van der Waals surface area contributed by atoms with Crippen molar-refractivity contribution in [3.05, 3.63) is 23.8 Å². The monoisotopic (exact) mass is 314 g/mol. The van der Waals surface area contributed by atoms with Crippen molar-refractivity contribution in [3.8, 4) is 5.75 Å². The molecule has 0 aliphatic heterocycles. The van der Waals surface area contributed by atoms with Gasteiger partial charge in [-0.25, -0.2) is 0 Å². The van der Waals surface area contributed by atoms with Crippen LogP contribution < -0.4 is 61.6 Å². The van der Waals surface area contributed by atoms with Gasteiger partial charge < -0.3 is 22.4 Å². The van der Waals surface area contributed by atoms with Gasteiger partial charge >= 0.3 is 58.4 Å². The van der Waals surface area contributed by atoms with E-state index in [1.807, 2.05) is 13.8 Å². The van der Waals surface area contributed by atoms with E-state index < -0.39 is 12.4 Å². The molecule has 20 heavy (non-hydrogen) atoms. The number of halogens is 3. The summed E-state index contributed by atoms with van der Waals surface area (Å²) in [7, 11) is 1.62. The Balaban J connectivity index is 0.00000361. The second-order valence-corrected chi connectivity index (χ2v) is 5.16. The number of hydrogen-bond acceptors (Lipinski definition) is 2. The Hall–Kier alpha value is 0.471. The number of aryl methyl sites for hydroxylation is 1. The van der Waals surface area contributed by atoms with Crippen LogP contribution >= 0.6 is 0 Å². The molecule has 1 aromatic rings. The van der Waals surface area contributed by atoms with E-state index in [1.165, 1.54) is 19.1 Å². The summed E-state index contributed by atoms with van der Waals surface area (Å²) in [4.78, 5) is 0. The van der Waals surface area contributed by atoms with Gasteiger partial charge in [0, 0.05) is 13.5 Å². The summed E-state index contributed by atoms with van der Waals surface area (Å²) in [5, 5.41) is 0. The fourth-order valence-corrected chi connectivity index (χ4v) is 1.62. The molecule has 0 aliphatic rings. The third kappa shape index (κ3) is 6.49. The maximum absolute atomic E-state index is 12.6. The Morgan fingerprint density at radius 1 is 1.20 bits per heavy atom. The van der Waals surface area contributed by atoms with E-state index in [4.69, 9.17) is 9.47 Å². The smallest absolute Gasteiger partial charge is 0.493 e. The molecule has 0 saturated carbocycles. The van der Waals surface area contributed by atoms with Crippen molar-refractivity contribution >= 4 is 12.4 Å². The molecule has 1 aromatic carbocycles. The molecule has 0 radical (unpaired) electrons. The second-order valence-electron chi connectivity index (χ2n) is 5.16. The van der Waals surface area contributed by atoms with Crippen molar-refractivity contribution in [2.24, 2.45) is 0 Å². The molecule has 0 amide bonds. The van der Waals surface area contributed by atoms with E-state index in [0.29, 0.717) is 18.8 Å². The van der Waals surface area contributed by atoms with E-state index >= 15 is 0 Å². The van der Waals surface area contributed by atoms with Gasteiger partial charge in [0.1, 0.15) is 5.75 Å². The van der Waals surface area contributed by atoms with Crippen molar-refractivity contribution in [1.29, 1.82) is 0 Å². The van der Waals surface area contributed by atoms with Crippen LogP contribution in [0, 0.1) is 6.92 Å². The Labute approximate surface area is 160 Å². The molecule has 108 valence electrons. The van der Waals surface area contributed by atoms with E-state index in [2.05, 4.69) is 0 Å². The van der Waals surface area contributed by atoms with E-state index in [9.17, 15) is 12.9 Å². The molecule has 0 fully saturated rings. The molecule has 0 heterocycles.